The number of aromatic nitrogens is 1. The first-order valence-corrected chi connectivity index (χ1v) is 6.35. The van der Waals surface area contributed by atoms with Crippen molar-refractivity contribution in [1.29, 1.82) is 0 Å². The lowest BCUT2D eigenvalue weighted by Crippen LogP contribution is -2.40. The van der Waals surface area contributed by atoms with Crippen LogP contribution in [0.5, 0.6) is 0 Å². The summed E-state index contributed by atoms with van der Waals surface area (Å²) in [4.78, 5) is 6.00. The highest BCUT2D eigenvalue weighted by molar-refractivity contribution is 7.91. The molecule has 0 aromatic carbocycles. The van der Waals surface area contributed by atoms with E-state index in [0.29, 0.717) is 13.1 Å². The van der Waals surface area contributed by atoms with Gasteiger partial charge in [-0.3, -0.25) is 4.98 Å². The van der Waals surface area contributed by atoms with Crippen LogP contribution in [-0.4, -0.2) is 38.0 Å². The zero-order valence-corrected chi connectivity index (χ0v) is 8.57. The molecule has 4 nitrogen and oxygen atoms in total. The van der Waals surface area contributed by atoms with Crippen molar-refractivity contribution in [2.24, 2.45) is 0 Å². The van der Waals surface area contributed by atoms with Crippen LogP contribution in [0, 0.1) is 0 Å². The Bertz CT molecular complexity index is 388. The summed E-state index contributed by atoms with van der Waals surface area (Å²) in [5.41, 5.74) is 1.05. The van der Waals surface area contributed by atoms with Gasteiger partial charge in [0.25, 0.3) is 0 Å². The van der Waals surface area contributed by atoms with E-state index in [1.807, 2.05) is 12.1 Å². The zero-order valence-electron chi connectivity index (χ0n) is 7.76. The molecule has 0 aliphatic carbocycles. The fraction of sp³-hybridized carbons (Fsp3) is 0.444. The second-order valence-electron chi connectivity index (χ2n) is 3.34. The van der Waals surface area contributed by atoms with Crippen molar-refractivity contribution in [3.63, 3.8) is 0 Å². The zero-order chi connectivity index (χ0) is 10.0. The van der Waals surface area contributed by atoms with Crippen LogP contribution in [0.15, 0.2) is 24.5 Å². The third-order valence-electron chi connectivity index (χ3n) is 2.37. The SMILES string of the molecule is O=S1(=O)CCN(c2ccncc2)CC1. The van der Waals surface area contributed by atoms with Crippen LogP contribution < -0.4 is 4.90 Å². The van der Waals surface area contributed by atoms with E-state index in [2.05, 4.69) is 9.88 Å². The number of rotatable bonds is 1. The Morgan fingerprint density at radius 2 is 1.71 bits per heavy atom. The fourth-order valence-electron chi connectivity index (χ4n) is 1.53. The van der Waals surface area contributed by atoms with Crippen LogP contribution >= 0.6 is 0 Å². The summed E-state index contributed by atoms with van der Waals surface area (Å²) in [7, 11) is -2.78. The molecule has 0 radical (unpaired) electrons. The molecule has 0 atom stereocenters. The molecular formula is C9H12N2O2S. The molecule has 2 rings (SSSR count). The van der Waals surface area contributed by atoms with Crippen molar-refractivity contribution < 1.29 is 8.42 Å². The van der Waals surface area contributed by atoms with Crippen molar-refractivity contribution in [3.05, 3.63) is 24.5 Å². The van der Waals surface area contributed by atoms with Gasteiger partial charge in [-0.15, -0.1) is 0 Å². The highest BCUT2D eigenvalue weighted by Crippen LogP contribution is 2.15. The molecule has 1 aliphatic heterocycles. The molecule has 1 aromatic heterocycles. The number of sulfone groups is 1. The minimum Gasteiger partial charge on any atom is -0.369 e. The fourth-order valence-corrected chi connectivity index (χ4v) is 2.73. The van der Waals surface area contributed by atoms with Gasteiger partial charge >= 0.3 is 0 Å². The Morgan fingerprint density at radius 3 is 2.29 bits per heavy atom. The maximum atomic E-state index is 11.2. The Balaban J connectivity index is 2.10. The standard InChI is InChI=1S/C9H12N2O2S/c12-14(13)7-5-11(6-8-14)9-1-3-10-4-2-9/h1-4H,5-8H2. The number of hydrogen-bond donors (Lipinski definition) is 0. The van der Waals surface area contributed by atoms with Gasteiger partial charge in [-0.1, -0.05) is 0 Å². The first kappa shape index (κ1) is 9.45. The van der Waals surface area contributed by atoms with Crippen molar-refractivity contribution in [2.75, 3.05) is 29.5 Å². The molecule has 2 heterocycles. The predicted molar refractivity (Wildman–Crippen MR) is 55.1 cm³/mol. The molecule has 1 aliphatic rings. The second-order valence-corrected chi connectivity index (χ2v) is 5.65. The van der Waals surface area contributed by atoms with Crippen LogP contribution in [0.3, 0.4) is 0 Å². The summed E-state index contributed by atoms with van der Waals surface area (Å²) in [5.74, 6) is 0.518. The van der Waals surface area contributed by atoms with Gasteiger partial charge in [0, 0.05) is 31.2 Å². The van der Waals surface area contributed by atoms with E-state index in [9.17, 15) is 8.42 Å². The van der Waals surface area contributed by atoms with Gasteiger partial charge < -0.3 is 4.90 Å². The Hall–Kier alpha value is -1.10. The first-order valence-electron chi connectivity index (χ1n) is 4.53. The molecule has 5 heteroatoms. The van der Waals surface area contributed by atoms with Crippen LogP contribution in [0.4, 0.5) is 5.69 Å². The van der Waals surface area contributed by atoms with Gasteiger partial charge in [0.05, 0.1) is 11.5 Å². The van der Waals surface area contributed by atoms with E-state index in [-0.39, 0.29) is 11.5 Å². The third kappa shape index (κ3) is 2.04. The van der Waals surface area contributed by atoms with Crippen LogP contribution in [0.25, 0.3) is 0 Å². The number of anilines is 1. The third-order valence-corrected chi connectivity index (χ3v) is 3.98. The Morgan fingerprint density at radius 1 is 1.14 bits per heavy atom. The maximum absolute atomic E-state index is 11.2. The van der Waals surface area contributed by atoms with Crippen LogP contribution in [0.1, 0.15) is 0 Å². The summed E-state index contributed by atoms with van der Waals surface area (Å²) >= 11 is 0. The molecule has 1 fully saturated rings. The number of pyridine rings is 1. The predicted octanol–water partition coefficient (Wildman–Crippen LogP) is 0.316. The van der Waals surface area contributed by atoms with E-state index in [4.69, 9.17) is 0 Å². The quantitative estimate of drug-likeness (QED) is 0.672. The summed E-state index contributed by atoms with van der Waals surface area (Å²) in [6.07, 6.45) is 3.44. The van der Waals surface area contributed by atoms with Crippen molar-refractivity contribution in [1.82, 2.24) is 4.98 Å². The lowest BCUT2D eigenvalue weighted by Gasteiger charge is -2.28. The number of nitrogens with zero attached hydrogens (tertiary/aromatic N) is 2. The molecule has 0 N–H and O–H groups in total. The molecule has 0 bridgehead atoms. The first-order chi connectivity index (χ1) is 6.67. The lowest BCUT2D eigenvalue weighted by molar-refractivity contribution is 0.587. The Labute approximate surface area is 83.5 Å². The monoisotopic (exact) mass is 212 g/mol. The Kier molecular flexibility index (Phi) is 2.41. The average molecular weight is 212 g/mol. The summed E-state index contributed by atoms with van der Waals surface area (Å²) in [6, 6.07) is 3.80. The van der Waals surface area contributed by atoms with Gasteiger partial charge in [0.15, 0.2) is 9.84 Å². The largest absolute Gasteiger partial charge is 0.369 e. The van der Waals surface area contributed by atoms with E-state index in [1.54, 1.807) is 12.4 Å². The number of hydrogen-bond acceptors (Lipinski definition) is 4. The van der Waals surface area contributed by atoms with Crippen LogP contribution in [0.2, 0.25) is 0 Å². The van der Waals surface area contributed by atoms with E-state index in [0.717, 1.165) is 5.69 Å². The summed E-state index contributed by atoms with van der Waals surface area (Å²) in [6.45, 7) is 1.18. The molecule has 0 spiro atoms. The molecule has 0 amide bonds. The minimum atomic E-state index is -2.78. The lowest BCUT2D eigenvalue weighted by atomic mass is 10.3. The highest BCUT2D eigenvalue weighted by Gasteiger charge is 2.21. The second kappa shape index (κ2) is 3.57. The van der Waals surface area contributed by atoms with E-state index in [1.165, 1.54) is 0 Å². The summed E-state index contributed by atoms with van der Waals surface area (Å²) < 4.78 is 22.4. The van der Waals surface area contributed by atoms with Crippen molar-refractivity contribution in [2.45, 2.75) is 0 Å². The summed E-state index contributed by atoms with van der Waals surface area (Å²) in [5, 5.41) is 0. The molecule has 14 heavy (non-hydrogen) atoms. The molecule has 0 saturated carbocycles. The normalized spacial score (nSPS) is 20.7. The molecular weight excluding hydrogens is 200 g/mol. The van der Waals surface area contributed by atoms with Gasteiger partial charge in [0.2, 0.25) is 0 Å². The molecule has 76 valence electrons. The van der Waals surface area contributed by atoms with Gasteiger partial charge in [0.1, 0.15) is 0 Å². The molecule has 1 aromatic rings. The maximum Gasteiger partial charge on any atom is 0.153 e. The smallest absolute Gasteiger partial charge is 0.153 e. The average Bonchev–Trinajstić information content (AvgIpc) is 2.19. The van der Waals surface area contributed by atoms with Crippen LogP contribution in [-0.2, 0) is 9.84 Å². The van der Waals surface area contributed by atoms with Crippen molar-refractivity contribution >= 4 is 15.5 Å². The molecule has 1 saturated heterocycles. The van der Waals surface area contributed by atoms with Gasteiger partial charge in [-0.05, 0) is 12.1 Å². The van der Waals surface area contributed by atoms with Crippen molar-refractivity contribution in [3.8, 4) is 0 Å². The van der Waals surface area contributed by atoms with E-state index < -0.39 is 9.84 Å². The van der Waals surface area contributed by atoms with Gasteiger partial charge in [-0.25, -0.2) is 8.42 Å². The highest BCUT2D eigenvalue weighted by atomic mass is 32.2. The van der Waals surface area contributed by atoms with E-state index >= 15 is 0 Å². The van der Waals surface area contributed by atoms with Gasteiger partial charge in [-0.2, -0.15) is 0 Å². The topological polar surface area (TPSA) is 50.3 Å². The minimum absolute atomic E-state index is 0.259. The molecule has 0 unspecified atom stereocenters.